The lowest BCUT2D eigenvalue weighted by atomic mass is 10.0. The summed E-state index contributed by atoms with van der Waals surface area (Å²) in [5, 5.41) is 0. The molecule has 0 radical (unpaired) electrons. The first-order chi connectivity index (χ1) is 9.16. The fraction of sp³-hybridized carbons (Fsp3) is 0.500. The molecule has 19 heavy (non-hydrogen) atoms. The van der Waals surface area contributed by atoms with E-state index in [2.05, 4.69) is 0 Å². The zero-order chi connectivity index (χ0) is 13.7. The third kappa shape index (κ3) is 3.91. The van der Waals surface area contributed by atoms with Crippen molar-refractivity contribution in [2.75, 3.05) is 0 Å². The average molecular weight is 260 g/mol. The van der Waals surface area contributed by atoms with Crippen LogP contribution in [-0.4, -0.2) is 11.8 Å². The summed E-state index contributed by atoms with van der Waals surface area (Å²) in [6.45, 7) is 1.46. The summed E-state index contributed by atoms with van der Waals surface area (Å²) in [4.78, 5) is 23.6. The zero-order valence-electron chi connectivity index (χ0n) is 11.3. The van der Waals surface area contributed by atoms with E-state index in [4.69, 9.17) is 4.74 Å². The van der Waals surface area contributed by atoms with E-state index >= 15 is 0 Å². The molecular weight excluding hydrogens is 240 g/mol. The lowest BCUT2D eigenvalue weighted by Crippen LogP contribution is -2.19. The topological polar surface area (TPSA) is 43.4 Å². The highest BCUT2D eigenvalue weighted by Gasteiger charge is 2.24. The Morgan fingerprint density at radius 1 is 1.21 bits per heavy atom. The molecule has 1 aliphatic rings. The molecule has 0 bridgehead atoms. The molecule has 1 aromatic carbocycles. The monoisotopic (exact) mass is 260 g/mol. The predicted octanol–water partition coefficient (Wildman–Crippen LogP) is 3.44. The third-order valence-corrected chi connectivity index (χ3v) is 3.65. The summed E-state index contributed by atoms with van der Waals surface area (Å²) >= 11 is 0. The molecule has 0 aromatic heterocycles. The normalized spacial score (nSPS) is 17.1. The van der Waals surface area contributed by atoms with Crippen LogP contribution in [0.5, 0.6) is 0 Å². The minimum Gasteiger partial charge on any atom is -0.449 e. The number of esters is 1. The molecule has 2 rings (SSSR count). The Labute approximate surface area is 114 Å². The van der Waals surface area contributed by atoms with Crippen LogP contribution in [0.15, 0.2) is 30.3 Å². The van der Waals surface area contributed by atoms with Crippen molar-refractivity contribution in [1.29, 1.82) is 0 Å². The van der Waals surface area contributed by atoms with E-state index < -0.39 is 6.10 Å². The zero-order valence-corrected chi connectivity index (χ0v) is 11.3. The molecule has 1 aliphatic carbocycles. The van der Waals surface area contributed by atoms with Crippen molar-refractivity contribution in [2.45, 2.75) is 45.1 Å². The Hall–Kier alpha value is -1.64. The largest absolute Gasteiger partial charge is 0.449 e. The van der Waals surface area contributed by atoms with Gasteiger partial charge in [-0.3, -0.25) is 9.59 Å². The Morgan fingerprint density at radius 2 is 1.84 bits per heavy atom. The molecule has 0 N–H and O–H groups in total. The Balaban J connectivity index is 1.97. The summed E-state index contributed by atoms with van der Waals surface area (Å²) in [7, 11) is 0. The first kappa shape index (κ1) is 13.8. The van der Waals surface area contributed by atoms with Crippen LogP contribution in [0.4, 0.5) is 0 Å². The van der Waals surface area contributed by atoms with E-state index in [0.29, 0.717) is 12.3 Å². The van der Waals surface area contributed by atoms with Gasteiger partial charge in [0.25, 0.3) is 0 Å². The van der Waals surface area contributed by atoms with Crippen LogP contribution < -0.4 is 0 Å². The predicted molar refractivity (Wildman–Crippen MR) is 72.5 cm³/mol. The van der Waals surface area contributed by atoms with E-state index in [0.717, 1.165) is 18.4 Å². The molecule has 1 fully saturated rings. The lowest BCUT2D eigenvalue weighted by molar-refractivity contribution is -0.156. The highest BCUT2D eigenvalue weighted by Crippen LogP contribution is 2.29. The van der Waals surface area contributed by atoms with Crippen LogP contribution in [0.3, 0.4) is 0 Å². The minimum atomic E-state index is -0.755. The summed E-state index contributed by atoms with van der Waals surface area (Å²) < 4.78 is 5.37. The second-order valence-electron chi connectivity index (χ2n) is 5.25. The Bertz CT molecular complexity index is 433. The van der Waals surface area contributed by atoms with Gasteiger partial charge in [0.05, 0.1) is 0 Å². The highest BCUT2D eigenvalue weighted by molar-refractivity contribution is 5.84. The van der Waals surface area contributed by atoms with Gasteiger partial charge in [-0.25, -0.2) is 0 Å². The molecule has 0 spiro atoms. The van der Waals surface area contributed by atoms with Crippen LogP contribution in [0.25, 0.3) is 0 Å². The summed E-state index contributed by atoms with van der Waals surface area (Å²) in [6.07, 6.45) is 4.29. The molecular formula is C16H20O3. The number of Topliss-reactive ketones (excluding diaryl/α,β-unsaturated/α-hetero) is 1. The quantitative estimate of drug-likeness (QED) is 0.762. The number of rotatable bonds is 5. The van der Waals surface area contributed by atoms with Gasteiger partial charge in [-0.05, 0) is 31.2 Å². The molecule has 0 heterocycles. The van der Waals surface area contributed by atoms with Gasteiger partial charge in [0.15, 0.2) is 11.9 Å². The number of hydrogen-bond donors (Lipinski definition) is 0. The van der Waals surface area contributed by atoms with Gasteiger partial charge in [0.1, 0.15) is 0 Å². The third-order valence-electron chi connectivity index (χ3n) is 3.65. The maximum Gasteiger partial charge on any atom is 0.307 e. The molecule has 0 saturated heterocycles. The first-order valence-electron chi connectivity index (χ1n) is 6.91. The summed E-state index contributed by atoms with van der Waals surface area (Å²) in [5.74, 6) is 0.0535. The smallest absolute Gasteiger partial charge is 0.307 e. The number of carbonyl (C=O) groups excluding carboxylic acids is 2. The van der Waals surface area contributed by atoms with Gasteiger partial charge in [-0.1, -0.05) is 43.2 Å². The van der Waals surface area contributed by atoms with E-state index in [1.165, 1.54) is 19.8 Å². The van der Waals surface area contributed by atoms with Gasteiger partial charge in [-0.2, -0.15) is 0 Å². The molecule has 1 saturated carbocycles. The molecule has 3 nitrogen and oxygen atoms in total. The molecule has 1 unspecified atom stereocenters. The van der Waals surface area contributed by atoms with E-state index in [1.54, 1.807) is 0 Å². The van der Waals surface area contributed by atoms with Crippen molar-refractivity contribution in [1.82, 2.24) is 0 Å². The van der Waals surface area contributed by atoms with Crippen molar-refractivity contribution >= 4 is 11.8 Å². The van der Waals surface area contributed by atoms with Crippen molar-refractivity contribution in [3.63, 3.8) is 0 Å². The molecule has 1 atom stereocenters. The Kier molecular flexibility index (Phi) is 4.72. The first-order valence-corrected chi connectivity index (χ1v) is 6.91. The van der Waals surface area contributed by atoms with Gasteiger partial charge in [0, 0.05) is 6.42 Å². The van der Waals surface area contributed by atoms with Crippen molar-refractivity contribution in [3.8, 4) is 0 Å². The SMILES string of the molecule is CC(=O)C(OC(=O)CC1CCCC1)c1ccccc1. The van der Waals surface area contributed by atoms with Crippen LogP contribution in [0, 0.1) is 5.92 Å². The van der Waals surface area contributed by atoms with Crippen LogP contribution >= 0.6 is 0 Å². The van der Waals surface area contributed by atoms with E-state index in [-0.39, 0.29) is 11.8 Å². The van der Waals surface area contributed by atoms with E-state index in [9.17, 15) is 9.59 Å². The van der Waals surface area contributed by atoms with Gasteiger partial charge >= 0.3 is 5.97 Å². The molecule has 102 valence electrons. The molecule has 0 amide bonds. The number of ether oxygens (including phenoxy) is 1. The second kappa shape index (κ2) is 6.50. The maximum absolute atomic E-state index is 11.9. The average Bonchev–Trinajstić information content (AvgIpc) is 2.89. The number of hydrogen-bond acceptors (Lipinski definition) is 3. The van der Waals surface area contributed by atoms with Crippen molar-refractivity contribution < 1.29 is 14.3 Å². The highest BCUT2D eigenvalue weighted by atomic mass is 16.5. The molecule has 3 heteroatoms. The maximum atomic E-state index is 11.9. The molecule has 0 aliphatic heterocycles. The van der Waals surface area contributed by atoms with E-state index in [1.807, 2.05) is 30.3 Å². The second-order valence-corrected chi connectivity index (χ2v) is 5.25. The minimum absolute atomic E-state index is 0.133. The van der Waals surface area contributed by atoms with Gasteiger partial charge in [-0.15, -0.1) is 0 Å². The van der Waals surface area contributed by atoms with Crippen LogP contribution in [0.2, 0.25) is 0 Å². The van der Waals surface area contributed by atoms with Crippen molar-refractivity contribution in [3.05, 3.63) is 35.9 Å². The molecule has 1 aromatic rings. The number of ketones is 1. The van der Waals surface area contributed by atoms with Crippen LogP contribution in [-0.2, 0) is 14.3 Å². The lowest BCUT2D eigenvalue weighted by Gasteiger charge is -2.17. The number of carbonyl (C=O) groups is 2. The number of benzene rings is 1. The van der Waals surface area contributed by atoms with Gasteiger partial charge < -0.3 is 4.74 Å². The van der Waals surface area contributed by atoms with Crippen LogP contribution in [0.1, 0.15) is 50.7 Å². The standard InChI is InChI=1S/C16H20O3/c1-12(17)16(14-9-3-2-4-10-14)19-15(18)11-13-7-5-6-8-13/h2-4,9-10,13,16H,5-8,11H2,1H3. The summed E-state index contributed by atoms with van der Waals surface area (Å²) in [6, 6.07) is 9.19. The summed E-state index contributed by atoms with van der Waals surface area (Å²) in [5.41, 5.74) is 0.745. The Morgan fingerprint density at radius 3 is 2.42 bits per heavy atom. The van der Waals surface area contributed by atoms with Crippen molar-refractivity contribution in [2.24, 2.45) is 5.92 Å². The fourth-order valence-corrected chi connectivity index (χ4v) is 2.64. The van der Waals surface area contributed by atoms with Gasteiger partial charge in [0.2, 0.25) is 0 Å². The fourth-order valence-electron chi connectivity index (χ4n) is 2.64.